The quantitative estimate of drug-likeness (QED) is 0.131. The van der Waals surface area contributed by atoms with Gasteiger partial charge in [-0.05, 0) is 86.7 Å². The van der Waals surface area contributed by atoms with Crippen molar-refractivity contribution in [2.24, 2.45) is 5.92 Å². The summed E-state index contributed by atoms with van der Waals surface area (Å²) >= 11 is 0. The molecule has 0 aliphatic carbocycles. The largest absolute Gasteiger partial charge is 0.395 e. The number of benzene rings is 3. The predicted octanol–water partition coefficient (Wildman–Crippen LogP) is 6.85. The molecule has 1 N–H and O–H groups in total. The number of amides is 3. The Hall–Kier alpha value is -4.72. The van der Waals surface area contributed by atoms with Crippen LogP contribution in [0.5, 0.6) is 0 Å². The fourth-order valence-electron chi connectivity index (χ4n) is 9.65. The molecule has 1 unspecified atom stereocenters. The molecule has 4 aliphatic rings. The SMILES string of the molecule is C[C@H]1[C@H]([Si](C)(C)F)[C@@H](CCn2cc(C(CO)c3ccccc3)nn2)O[C@]12C(=O)N(Cc1ccc(N3CCCCC3=O)cc1)c1ccc(N3CCCCC3=O)cc12. The van der Waals surface area contributed by atoms with Gasteiger partial charge in [-0.25, -0.2) is 0 Å². The van der Waals surface area contributed by atoms with Crippen molar-refractivity contribution < 1.29 is 28.3 Å². The Morgan fingerprint density at radius 3 is 2.21 bits per heavy atom. The van der Waals surface area contributed by atoms with Crippen molar-refractivity contribution in [3.8, 4) is 0 Å². The van der Waals surface area contributed by atoms with E-state index in [1.54, 1.807) is 27.6 Å². The van der Waals surface area contributed by atoms with Crippen molar-refractivity contribution in [2.75, 3.05) is 34.4 Å². The second-order valence-corrected chi connectivity index (χ2v) is 20.2. The summed E-state index contributed by atoms with van der Waals surface area (Å²) in [7, 11) is -3.45. The molecule has 0 radical (unpaired) electrons. The summed E-state index contributed by atoms with van der Waals surface area (Å²) in [6.07, 6.45) is 6.27. The lowest BCUT2D eigenvalue weighted by molar-refractivity contribution is -0.146. The molecule has 3 fully saturated rings. The number of carbonyl (C=O) groups is 3. The summed E-state index contributed by atoms with van der Waals surface area (Å²) in [4.78, 5) is 46.3. The maximum atomic E-state index is 16.7. The Labute approximate surface area is 328 Å². The molecule has 3 saturated heterocycles. The van der Waals surface area contributed by atoms with E-state index in [4.69, 9.17) is 4.74 Å². The van der Waals surface area contributed by atoms with E-state index in [0.717, 1.165) is 48.2 Å². The molecule has 5 heterocycles. The average molecular weight is 779 g/mol. The standard InChI is InChI=1S/C43H51FN6O5Si/c1-29-41(56(2,3)44)38(21-24-47-27-36(45-46-47)34(28-51)31-11-5-4-6-12-31)55-43(29)35-25-33(49-23-10-8-14-40(49)53)19-20-37(35)50(42(43)54)26-30-15-17-32(18-16-30)48-22-9-7-13-39(48)52/h4-6,11-12,15-20,25,27,29,34,38,41,51H,7-10,13-14,21-24,26,28H2,1-3H3/t29-,34?,38+,41-,43+/m0/s1. The molecule has 5 atom stereocenters. The fourth-order valence-corrected chi connectivity index (χ4v) is 12.2. The molecule has 294 valence electrons. The number of hydrogen-bond donors (Lipinski definition) is 1. The topological polar surface area (TPSA) is 121 Å². The molecule has 4 aromatic rings. The molecule has 3 aromatic carbocycles. The van der Waals surface area contributed by atoms with Crippen LogP contribution in [0.4, 0.5) is 21.2 Å². The number of aromatic nitrogens is 3. The lowest BCUT2D eigenvalue weighted by Crippen LogP contribution is -2.45. The van der Waals surface area contributed by atoms with Gasteiger partial charge in [0.1, 0.15) is 0 Å². The maximum Gasteiger partial charge on any atom is 0.264 e. The second kappa shape index (κ2) is 15.3. The third-order valence-corrected chi connectivity index (χ3v) is 14.9. The zero-order valence-corrected chi connectivity index (χ0v) is 33.4. The van der Waals surface area contributed by atoms with Crippen molar-refractivity contribution in [1.29, 1.82) is 0 Å². The number of hydrogen-bond acceptors (Lipinski definition) is 7. The van der Waals surface area contributed by atoms with Crippen molar-refractivity contribution in [2.45, 2.75) is 101 Å². The number of aryl methyl sites for hydroxylation is 1. The number of aliphatic hydroxyl groups excluding tert-OH is 1. The minimum absolute atomic E-state index is 0.0510. The first-order valence-corrected chi connectivity index (χ1v) is 23.0. The normalized spacial score (nSPS) is 24.7. The smallest absolute Gasteiger partial charge is 0.264 e. The molecule has 0 saturated carbocycles. The van der Waals surface area contributed by atoms with Gasteiger partial charge in [-0.2, -0.15) is 0 Å². The zero-order valence-electron chi connectivity index (χ0n) is 32.4. The fraction of sp³-hybridized carbons (Fsp3) is 0.465. The molecule has 8 rings (SSSR count). The van der Waals surface area contributed by atoms with E-state index >= 15 is 8.90 Å². The van der Waals surface area contributed by atoms with Gasteiger partial charge in [0.25, 0.3) is 5.91 Å². The summed E-state index contributed by atoms with van der Waals surface area (Å²) in [6.45, 7) is 7.16. The van der Waals surface area contributed by atoms with Gasteiger partial charge < -0.3 is 28.7 Å². The highest BCUT2D eigenvalue weighted by Gasteiger charge is 2.66. The summed E-state index contributed by atoms with van der Waals surface area (Å²) < 4.78 is 25.5. The number of nitrogens with zero attached hydrogens (tertiary/aromatic N) is 6. The molecule has 4 aliphatic heterocycles. The van der Waals surface area contributed by atoms with E-state index in [9.17, 15) is 14.7 Å². The number of anilines is 3. The van der Waals surface area contributed by atoms with Crippen molar-refractivity contribution in [1.82, 2.24) is 15.0 Å². The Morgan fingerprint density at radius 2 is 1.57 bits per heavy atom. The monoisotopic (exact) mass is 778 g/mol. The van der Waals surface area contributed by atoms with Crippen LogP contribution in [0.1, 0.15) is 80.2 Å². The van der Waals surface area contributed by atoms with Crippen LogP contribution in [0.15, 0.2) is 79.0 Å². The Morgan fingerprint density at radius 1 is 0.911 bits per heavy atom. The Kier molecular flexibility index (Phi) is 10.4. The molecular weight excluding hydrogens is 728 g/mol. The minimum Gasteiger partial charge on any atom is -0.395 e. The summed E-state index contributed by atoms with van der Waals surface area (Å²) in [5.41, 5.74) is 3.42. The molecule has 1 aromatic heterocycles. The van der Waals surface area contributed by atoms with Crippen molar-refractivity contribution in [3.63, 3.8) is 0 Å². The van der Waals surface area contributed by atoms with E-state index in [0.29, 0.717) is 55.8 Å². The van der Waals surface area contributed by atoms with Gasteiger partial charge in [0.2, 0.25) is 20.2 Å². The number of aliphatic hydroxyl groups is 1. The molecule has 11 nitrogen and oxygen atoms in total. The highest BCUT2D eigenvalue weighted by molar-refractivity contribution is 6.72. The van der Waals surface area contributed by atoms with Crippen LogP contribution >= 0.6 is 0 Å². The van der Waals surface area contributed by atoms with Gasteiger partial charge in [0.15, 0.2) is 5.60 Å². The molecule has 0 bridgehead atoms. The van der Waals surface area contributed by atoms with E-state index in [1.807, 2.05) is 90.8 Å². The first kappa shape index (κ1) is 38.2. The third-order valence-electron chi connectivity index (χ3n) is 12.4. The van der Waals surface area contributed by atoms with Crippen LogP contribution < -0.4 is 14.7 Å². The first-order valence-electron chi connectivity index (χ1n) is 20.1. The molecule has 1 spiro atoms. The highest BCUT2D eigenvalue weighted by Crippen LogP contribution is 2.61. The lowest BCUT2D eigenvalue weighted by atomic mass is 9.82. The van der Waals surface area contributed by atoms with E-state index < -0.39 is 31.6 Å². The summed E-state index contributed by atoms with van der Waals surface area (Å²) in [6, 6.07) is 23.2. The van der Waals surface area contributed by atoms with Crippen LogP contribution in [0.2, 0.25) is 18.6 Å². The molecule has 3 amide bonds. The Bertz CT molecular complexity index is 2090. The summed E-state index contributed by atoms with van der Waals surface area (Å²) in [5.74, 6) is -0.892. The van der Waals surface area contributed by atoms with Crippen LogP contribution in [0, 0.1) is 5.92 Å². The van der Waals surface area contributed by atoms with Gasteiger partial charge in [-0.1, -0.05) is 54.6 Å². The predicted molar refractivity (Wildman–Crippen MR) is 215 cm³/mol. The molecule has 56 heavy (non-hydrogen) atoms. The number of piperidine rings is 2. The van der Waals surface area contributed by atoms with Crippen molar-refractivity contribution in [3.05, 3.63) is 101 Å². The van der Waals surface area contributed by atoms with Crippen molar-refractivity contribution >= 4 is 43.2 Å². The minimum atomic E-state index is -3.45. The number of halogens is 1. The second-order valence-electron chi connectivity index (χ2n) is 16.4. The number of rotatable bonds is 11. The molecule has 13 heteroatoms. The van der Waals surface area contributed by atoms with Gasteiger partial charge in [-0.3, -0.25) is 19.1 Å². The van der Waals surface area contributed by atoms with Gasteiger partial charge in [-0.15, -0.1) is 5.10 Å². The van der Waals surface area contributed by atoms with E-state index in [2.05, 4.69) is 10.3 Å². The van der Waals surface area contributed by atoms with E-state index in [-0.39, 0.29) is 36.8 Å². The highest BCUT2D eigenvalue weighted by atomic mass is 28.4. The summed E-state index contributed by atoms with van der Waals surface area (Å²) in [5, 5.41) is 19.0. The molecular formula is C43H51FN6O5Si. The third kappa shape index (κ3) is 6.87. The van der Waals surface area contributed by atoms with Crippen LogP contribution in [0.3, 0.4) is 0 Å². The van der Waals surface area contributed by atoms with Gasteiger partial charge in [0.05, 0.1) is 36.6 Å². The number of ether oxygens (including phenoxy) is 1. The van der Waals surface area contributed by atoms with Crippen LogP contribution in [-0.4, -0.2) is 72.0 Å². The van der Waals surface area contributed by atoms with Gasteiger partial charge in [0, 0.05) is 67.1 Å². The Balaban J connectivity index is 1.11. The van der Waals surface area contributed by atoms with Crippen LogP contribution in [0.25, 0.3) is 0 Å². The first-order chi connectivity index (χ1) is 27.0. The van der Waals surface area contributed by atoms with Crippen LogP contribution in [-0.2, 0) is 37.8 Å². The maximum absolute atomic E-state index is 16.7. The number of carbonyl (C=O) groups excluding carboxylic acids is 3. The number of fused-ring (bicyclic) bond motifs is 2. The van der Waals surface area contributed by atoms with E-state index in [1.165, 1.54) is 0 Å². The average Bonchev–Trinajstić information content (AvgIpc) is 3.85. The zero-order chi connectivity index (χ0) is 39.2. The lowest BCUT2D eigenvalue weighted by Gasteiger charge is -2.32. The van der Waals surface area contributed by atoms with Gasteiger partial charge >= 0.3 is 0 Å².